The highest BCUT2D eigenvalue weighted by atomic mass is 35.5. The van der Waals surface area contributed by atoms with E-state index in [1.54, 1.807) is 23.9 Å². The molecule has 0 saturated carbocycles. The van der Waals surface area contributed by atoms with Crippen molar-refractivity contribution in [3.05, 3.63) is 81.0 Å². The van der Waals surface area contributed by atoms with Crippen LogP contribution in [0.25, 0.3) is 0 Å². The van der Waals surface area contributed by atoms with E-state index in [1.807, 2.05) is 30.5 Å². The van der Waals surface area contributed by atoms with Crippen molar-refractivity contribution < 1.29 is 9.53 Å². The Labute approximate surface area is 239 Å². The molecule has 5 nitrogen and oxygen atoms in total. The summed E-state index contributed by atoms with van der Waals surface area (Å²) >= 11 is 15.8. The summed E-state index contributed by atoms with van der Waals surface area (Å²) in [6, 6.07) is 15.1. The summed E-state index contributed by atoms with van der Waals surface area (Å²) in [6.45, 7) is 7.75. The van der Waals surface area contributed by atoms with Crippen molar-refractivity contribution in [1.29, 1.82) is 0 Å². The first-order chi connectivity index (χ1) is 18.0. The van der Waals surface area contributed by atoms with Gasteiger partial charge in [-0.2, -0.15) is 11.8 Å². The van der Waals surface area contributed by atoms with Crippen molar-refractivity contribution in [2.24, 2.45) is 4.99 Å². The molecule has 3 rings (SSSR count). The minimum absolute atomic E-state index is 0.340. The van der Waals surface area contributed by atoms with Crippen LogP contribution in [-0.4, -0.2) is 60.0 Å². The highest BCUT2D eigenvalue weighted by Crippen LogP contribution is 2.36. The monoisotopic (exact) mass is 579 g/mol. The van der Waals surface area contributed by atoms with Crippen molar-refractivity contribution in [2.45, 2.75) is 32.7 Å². The number of carbonyl (C=O) groups excluding carboxylic acids is 1. The molecule has 0 aliphatic carbocycles. The Balaban J connectivity index is 1.80. The van der Waals surface area contributed by atoms with Crippen LogP contribution in [0.3, 0.4) is 0 Å². The van der Waals surface area contributed by atoms with E-state index in [2.05, 4.69) is 36.2 Å². The first kappa shape index (κ1) is 29.9. The van der Waals surface area contributed by atoms with Gasteiger partial charge in [0.25, 0.3) is 0 Å². The highest BCUT2D eigenvalue weighted by Gasteiger charge is 2.32. The van der Waals surface area contributed by atoms with E-state index in [9.17, 15) is 4.79 Å². The molecule has 0 aromatic heterocycles. The third-order valence-electron chi connectivity index (χ3n) is 6.15. The van der Waals surface area contributed by atoms with Gasteiger partial charge in [-0.15, -0.1) is 0 Å². The lowest BCUT2D eigenvalue weighted by molar-refractivity contribution is -0.139. The van der Waals surface area contributed by atoms with Crippen LogP contribution < -0.4 is 5.32 Å². The fraction of sp³-hybridized carbons (Fsp3) is 0.429. The van der Waals surface area contributed by atoms with Crippen molar-refractivity contribution in [1.82, 2.24) is 10.2 Å². The number of aliphatic imine (C=N–C) groups is 1. The zero-order valence-corrected chi connectivity index (χ0v) is 24.8. The molecule has 0 spiro atoms. The van der Waals surface area contributed by atoms with E-state index in [-0.39, 0.29) is 5.97 Å². The van der Waals surface area contributed by atoms with Gasteiger partial charge < -0.3 is 15.0 Å². The minimum Gasteiger partial charge on any atom is -0.462 e. The lowest BCUT2D eigenvalue weighted by Crippen LogP contribution is -2.33. The second-order valence-electron chi connectivity index (χ2n) is 8.54. The van der Waals surface area contributed by atoms with Gasteiger partial charge in [-0.05, 0) is 55.4 Å². The standard InChI is InChI=1S/C28H35Cl2N3O2S2/c1-4-33(5-2)15-17-37-19-24-25(27(34)35-16-9-12-20-10-7-6-8-11-20)26(32-28(31-24)36-3)21-13-14-22(29)23(30)18-21/h6-8,10-11,13-14,18,26H,4-5,9,12,15-17,19H2,1-3H3,(H,31,32). The molecule has 0 saturated heterocycles. The Morgan fingerprint density at radius 2 is 1.86 bits per heavy atom. The number of hydrogen-bond donors (Lipinski definition) is 1. The van der Waals surface area contributed by atoms with Gasteiger partial charge >= 0.3 is 5.97 Å². The normalized spacial score (nSPS) is 15.5. The largest absolute Gasteiger partial charge is 0.462 e. The number of amidine groups is 1. The first-order valence-electron chi connectivity index (χ1n) is 12.5. The number of halogens is 2. The van der Waals surface area contributed by atoms with E-state index in [1.165, 1.54) is 17.3 Å². The number of aryl methyl sites for hydroxylation is 1. The van der Waals surface area contributed by atoms with Crippen molar-refractivity contribution in [3.63, 3.8) is 0 Å². The van der Waals surface area contributed by atoms with Crippen LogP contribution in [0.15, 0.2) is 64.8 Å². The molecule has 0 fully saturated rings. The summed E-state index contributed by atoms with van der Waals surface area (Å²) in [5, 5.41) is 5.05. The predicted molar refractivity (Wildman–Crippen MR) is 161 cm³/mol. The smallest absolute Gasteiger partial charge is 0.338 e. The second-order valence-corrected chi connectivity index (χ2v) is 11.3. The van der Waals surface area contributed by atoms with Crippen molar-refractivity contribution >= 4 is 57.9 Å². The number of rotatable bonds is 13. The Hall–Kier alpha value is -1.64. The number of hydrogen-bond acceptors (Lipinski definition) is 7. The van der Waals surface area contributed by atoms with Gasteiger partial charge in [-0.1, -0.05) is 85.2 Å². The van der Waals surface area contributed by atoms with Gasteiger partial charge in [-0.25, -0.2) is 9.79 Å². The zero-order valence-electron chi connectivity index (χ0n) is 21.6. The van der Waals surface area contributed by atoms with E-state index >= 15 is 0 Å². The van der Waals surface area contributed by atoms with Gasteiger partial charge in [0.2, 0.25) is 0 Å². The molecule has 1 aliphatic rings. The zero-order chi connectivity index (χ0) is 26.6. The van der Waals surface area contributed by atoms with E-state index in [0.717, 1.165) is 54.7 Å². The summed E-state index contributed by atoms with van der Waals surface area (Å²) < 4.78 is 5.80. The van der Waals surface area contributed by atoms with Gasteiger partial charge in [-0.3, -0.25) is 0 Å². The summed E-state index contributed by atoms with van der Waals surface area (Å²) in [4.78, 5) is 20.7. The average Bonchev–Trinajstić information content (AvgIpc) is 2.92. The van der Waals surface area contributed by atoms with E-state index in [4.69, 9.17) is 32.9 Å². The van der Waals surface area contributed by atoms with Crippen LogP contribution in [0.4, 0.5) is 0 Å². The van der Waals surface area contributed by atoms with Gasteiger partial charge in [0, 0.05) is 23.7 Å². The lowest BCUT2D eigenvalue weighted by atomic mass is 9.96. The molecule has 200 valence electrons. The summed E-state index contributed by atoms with van der Waals surface area (Å²) in [7, 11) is 0. The maximum absolute atomic E-state index is 13.5. The average molecular weight is 581 g/mol. The van der Waals surface area contributed by atoms with Crippen LogP contribution in [0.1, 0.15) is 37.4 Å². The molecule has 0 bridgehead atoms. The van der Waals surface area contributed by atoms with Gasteiger partial charge in [0.05, 0.1) is 22.2 Å². The van der Waals surface area contributed by atoms with Crippen molar-refractivity contribution in [3.8, 4) is 0 Å². The molecule has 37 heavy (non-hydrogen) atoms. The Morgan fingerprint density at radius 1 is 1.11 bits per heavy atom. The fourth-order valence-electron chi connectivity index (χ4n) is 4.02. The lowest BCUT2D eigenvalue weighted by Gasteiger charge is -2.27. The number of ether oxygens (including phenoxy) is 1. The maximum atomic E-state index is 13.5. The number of benzene rings is 2. The number of carbonyl (C=O) groups is 1. The molecule has 1 N–H and O–H groups in total. The molecular formula is C28H35Cl2N3O2S2. The van der Waals surface area contributed by atoms with E-state index in [0.29, 0.717) is 28.0 Å². The molecule has 2 aromatic carbocycles. The minimum atomic E-state index is -0.515. The second kappa shape index (κ2) is 15.7. The molecule has 1 atom stereocenters. The van der Waals surface area contributed by atoms with Gasteiger partial charge in [0.15, 0.2) is 5.17 Å². The number of nitrogens with zero attached hydrogens (tertiary/aromatic N) is 2. The summed E-state index contributed by atoms with van der Waals surface area (Å²) in [5.41, 5.74) is 3.41. The first-order valence-corrected chi connectivity index (χ1v) is 15.7. The molecule has 9 heteroatoms. The molecule has 2 aromatic rings. The van der Waals surface area contributed by atoms with Gasteiger partial charge in [0.1, 0.15) is 6.04 Å². The summed E-state index contributed by atoms with van der Waals surface area (Å²) in [6.07, 6.45) is 3.57. The van der Waals surface area contributed by atoms with Crippen molar-refractivity contribution in [2.75, 3.05) is 44.0 Å². The molecule has 1 heterocycles. The van der Waals surface area contributed by atoms with Crippen LogP contribution >= 0.6 is 46.7 Å². The maximum Gasteiger partial charge on any atom is 0.338 e. The summed E-state index contributed by atoms with van der Waals surface area (Å²) in [5.74, 6) is 1.28. The number of thioether (sulfide) groups is 2. The highest BCUT2D eigenvalue weighted by molar-refractivity contribution is 8.13. The third-order valence-corrected chi connectivity index (χ3v) is 8.45. The van der Waals surface area contributed by atoms with Crippen LogP contribution in [-0.2, 0) is 16.0 Å². The quantitative estimate of drug-likeness (QED) is 0.206. The molecule has 0 radical (unpaired) electrons. The van der Waals surface area contributed by atoms with Crippen LogP contribution in [0, 0.1) is 0 Å². The predicted octanol–water partition coefficient (Wildman–Crippen LogP) is 6.86. The Kier molecular flexibility index (Phi) is 12.7. The van der Waals surface area contributed by atoms with Crippen LogP contribution in [0.2, 0.25) is 10.0 Å². The SMILES string of the molecule is CCN(CC)CCSCC1=C(C(=O)OCCCc2ccccc2)C(c2ccc(Cl)c(Cl)c2)N=C(SC)N1. The number of nitrogens with one attached hydrogen (secondary N) is 1. The molecular weight excluding hydrogens is 545 g/mol. The Morgan fingerprint density at radius 3 is 2.54 bits per heavy atom. The Bertz CT molecular complexity index is 1090. The molecule has 1 unspecified atom stereocenters. The molecule has 1 aliphatic heterocycles. The number of esters is 1. The van der Waals surface area contributed by atoms with Crippen LogP contribution in [0.5, 0.6) is 0 Å². The van der Waals surface area contributed by atoms with E-state index < -0.39 is 6.04 Å². The molecule has 0 amide bonds. The fourth-order valence-corrected chi connectivity index (χ4v) is 5.73. The topological polar surface area (TPSA) is 53.9 Å². The third kappa shape index (κ3) is 8.96.